The van der Waals surface area contributed by atoms with E-state index in [0.29, 0.717) is 5.69 Å². The molecule has 0 aliphatic rings. The van der Waals surface area contributed by atoms with Crippen LogP contribution in [0, 0.1) is 23.2 Å². The first-order chi connectivity index (χ1) is 5.29. The van der Waals surface area contributed by atoms with E-state index >= 15 is 0 Å². The summed E-state index contributed by atoms with van der Waals surface area (Å²) in [4.78, 5) is 14.0. The van der Waals surface area contributed by atoms with Crippen molar-refractivity contribution in [2.45, 2.75) is 13.5 Å². The van der Waals surface area contributed by atoms with Crippen LogP contribution in [0.5, 0.6) is 0 Å². The van der Waals surface area contributed by atoms with Crippen LogP contribution in [0.3, 0.4) is 0 Å². The number of hydrogen-bond acceptors (Lipinski definition) is 4. The van der Waals surface area contributed by atoms with Crippen LogP contribution in [0.25, 0.3) is 0 Å². The highest BCUT2D eigenvalue weighted by molar-refractivity contribution is 5.33. The van der Waals surface area contributed by atoms with Crippen molar-refractivity contribution in [2.24, 2.45) is 5.18 Å². The fraction of sp³-hybridized carbons (Fsp3) is 0.333. The molecule has 0 aromatic carbocycles. The maximum absolute atomic E-state index is 10.2. The fourth-order valence-electron chi connectivity index (χ4n) is 0.787. The van der Waals surface area contributed by atoms with Crippen LogP contribution in [0.1, 0.15) is 5.69 Å². The van der Waals surface area contributed by atoms with Gasteiger partial charge in [-0.05, 0) is 12.1 Å². The fourth-order valence-corrected chi connectivity index (χ4v) is 0.787. The number of aryl methyl sites for hydroxylation is 1. The van der Waals surface area contributed by atoms with Crippen molar-refractivity contribution in [1.82, 2.24) is 9.55 Å². The highest BCUT2D eigenvalue weighted by Gasteiger charge is 2.05. The molecule has 56 valence electrons. The Morgan fingerprint density at radius 1 is 1.91 bits per heavy atom. The molecule has 5 heteroatoms. The van der Waals surface area contributed by atoms with E-state index in [1.54, 1.807) is 6.92 Å². The lowest BCUT2D eigenvalue weighted by molar-refractivity contribution is 0.830. The molecule has 1 rings (SSSR count). The van der Waals surface area contributed by atoms with Crippen molar-refractivity contribution in [2.75, 3.05) is 0 Å². The molecule has 0 unspecified atom stereocenters. The second-order valence-corrected chi connectivity index (χ2v) is 2.03. The van der Waals surface area contributed by atoms with Crippen LogP contribution < -0.4 is 0 Å². The summed E-state index contributed by atoms with van der Waals surface area (Å²) in [5.41, 5.74) is 0.551. The first kappa shape index (κ1) is 7.41. The molecule has 0 fully saturated rings. The van der Waals surface area contributed by atoms with Crippen LogP contribution in [-0.2, 0) is 6.54 Å². The first-order valence-electron chi connectivity index (χ1n) is 3.01. The third kappa shape index (κ3) is 1.24. The highest BCUT2D eigenvalue weighted by atomic mass is 16.3. The summed E-state index contributed by atoms with van der Waals surface area (Å²) in [7, 11) is 0. The summed E-state index contributed by atoms with van der Waals surface area (Å²) in [6.07, 6.45) is 1.43. The van der Waals surface area contributed by atoms with Gasteiger partial charge >= 0.3 is 0 Å². The molecule has 1 aromatic heterocycles. The van der Waals surface area contributed by atoms with Gasteiger partial charge < -0.3 is 0 Å². The van der Waals surface area contributed by atoms with Crippen molar-refractivity contribution >= 4 is 5.82 Å². The van der Waals surface area contributed by atoms with Gasteiger partial charge in [0.1, 0.15) is 6.54 Å². The van der Waals surface area contributed by atoms with Crippen LogP contribution in [0.2, 0.25) is 0 Å². The van der Waals surface area contributed by atoms with Crippen molar-refractivity contribution in [1.29, 1.82) is 5.26 Å². The third-order valence-electron chi connectivity index (χ3n) is 1.31. The molecule has 0 N–H and O–H groups in total. The van der Waals surface area contributed by atoms with Crippen LogP contribution in [-0.4, -0.2) is 9.55 Å². The van der Waals surface area contributed by atoms with Gasteiger partial charge in [-0.15, -0.1) is 4.91 Å². The topological polar surface area (TPSA) is 71.0 Å². The average molecular weight is 150 g/mol. The van der Waals surface area contributed by atoms with Gasteiger partial charge in [-0.2, -0.15) is 5.26 Å². The standard InChI is InChI=1S/C6H6N4O/c1-5-6(9-11)10(3-2-7)4-8-5/h4H,3H2,1H3. The summed E-state index contributed by atoms with van der Waals surface area (Å²) < 4.78 is 1.41. The molecule has 0 bridgehead atoms. The Kier molecular flexibility index (Phi) is 1.97. The Hall–Kier alpha value is -1.70. The highest BCUT2D eigenvalue weighted by Crippen LogP contribution is 2.15. The van der Waals surface area contributed by atoms with E-state index in [1.165, 1.54) is 10.9 Å². The number of imidazole rings is 1. The lowest BCUT2D eigenvalue weighted by Gasteiger charge is -1.92. The van der Waals surface area contributed by atoms with Gasteiger partial charge in [-0.3, -0.25) is 4.57 Å². The zero-order chi connectivity index (χ0) is 8.27. The molecule has 0 atom stereocenters. The lowest BCUT2D eigenvalue weighted by Crippen LogP contribution is -1.91. The predicted molar refractivity (Wildman–Crippen MR) is 38.0 cm³/mol. The second kappa shape index (κ2) is 2.92. The van der Waals surface area contributed by atoms with Crippen LogP contribution >= 0.6 is 0 Å². The summed E-state index contributed by atoms with van der Waals surface area (Å²) in [6.45, 7) is 1.78. The number of nitrogens with zero attached hydrogens (tertiary/aromatic N) is 4. The van der Waals surface area contributed by atoms with Gasteiger partial charge in [-0.1, -0.05) is 0 Å². The molecule has 0 spiro atoms. The number of nitriles is 1. The van der Waals surface area contributed by atoms with E-state index in [4.69, 9.17) is 5.26 Å². The van der Waals surface area contributed by atoms with E-state index in [-0.39, 0.29) is 12.4 Å². The summed E-state index contributed by atoms with van der Waals surface area (Å²) in [5.74, 6) is 0.228. The normalized spacial score (nSPS) is 9.09. The van der Waals surface area contributed by atoms with Gasteiger partial charge in [0.2, 0.25) is 5.82 Å². The molecular formula is C6H6N4O. The minimum atomic E-state index is 0.113. The Bertz CT molecular complexity index is 309. The molecule has 0 radical (unpaired) electrons. The maximum atomic E-state index is 10.2. The van der Waals surface area contributed by atoms with E-state index in [1.807, 2.05) is 6.07 Å². The summed E-state index contributed by atoms with van der Waals surface area (Å²) in [5, 5.41) is 11.1. The maximum Gasteiger partial charge on any atom is 0.200 e. The molecule has 0 saturated heterocycles. The Labute approximate surface area is 63.3 Å². The van der Waals surface area contributed by atoms with Gasteiger partial charge in [0.15, 0.2) is 0 Å². The first-order valence-corrected chi connectivity index (χ1v) is 3.01. The minimum Gasteiger partial charge on any atom is -0.299 e. The van der Waals surface area contributed by atoms with E-state index in [0.717, 1.165) is 0 Å². The lowest BCUT2D eigenvalue weighted by atomic mass is 10.5. The molecule has 0 aliphatic carbocycles. The number of hydrogen-bond donors (Lipinski definition) is 0. The Morgan fingerprint density at radius 3 is 3.18 bits per heavy atom. The molecule has 0 aliphatic heterocycles. The molecule has 0 amide bonds. The van der Waals surface area contributed by atoms with Gasteiger partial charge in [0, 0.05) is 0 Å². The number of aromatic nitrogens is 2. The molecule has 1 aromatic rings. The molecule has 1 heterocycles. The van der Waals surface area contributed by atoms with Crippen molar-refractivity contribution in [3.8, 4) is 6.07 Å². The summed E-state index contributed by atoms with van der Waals surface area (Å²) >= 11 is 0. The smallest absolute Gasteiger partial charge is 0.200 e. The molecule has 0 saturated carbocycles. The Morgan fingerprint density at radius 2 is 2.64 bits per heavy atom. The van der Waals surface area contributed by atoms with E-state index < -0.39 is 0 Å². The van der Waals surface area contributed by atoms with Gasteiger partial charge in [0.05, 0.1) is 18.1 Å². The quantitative estimate of drug-likeness (QED) is 0.593. The number of nitroso groups, excluding NO2 is 1. The third-order valence-corrected chi connectivity index (χ3v) is 1.31. The SMILES string of the molecule is Cc1ncn(CC#N)c1N=O. The van der Waals surface area contributed by atoms with Crippen molar-refractivity contribution in [3.05, 3.63) is 16.9 Å². The van der Waals surface area contributed by atoms with Crippen molar-refractivity contribution in [3.63, 3.8) is 0 Å². The largest absolute Gasteiger partial charge is 0.299 e. The number of rotatable bonds is 2. The van der Waals surface area contributed by atoms with E-state index in [9.17, 15) is 4.91 Å². The van der Waals surface area contributed by atoms with Gasteiger partial charge in [0.25, 0.3) is 0 Å². The monoisotopic (exact) mass is 150 g/mol. The zero-order valence-corrected chi connectivity index (χ0v) is 5.98. The van der Waals surface area contributed by atoms with Crippen LogP contribution in [0.15, 0.2) is 11.5 Å². The second-order valence-electron chi connectivity index (χ2n) is 2.03. The van der Waals surface area contributed by atoms with Crippen molar-refractivity contribution < 1.29 is 0 Å². The van der Waals surface area contributed by atoms with Gasteiger partial charge in [-0.25, -0.2) is 4.98 Å². The minimum absolute atomic E-state index is 0.113. The molecular weight excluding hydrogens is 144 g/mol. The zero-order valence-electron chi connectivity index (χ0n) is 5.98. The average Bonchev–Trinajstić information content (AvgIpc) is 2.33. The molecule has 11 heavy (non-hydrogen) atoms. The van der Waals surface area contributed by atoms with E-state index in [2.05, 4.69) is 10.2 Å². The molecule has 5 nitrogen and oxygen atoms in total. The summed E-state index contributed by atoms with van der Waals surface area (Å²) in [6, 6.07) is 1.90. The van der Waals surface area contributed by atoms with Crippen LogP contribution in [0.4, 0.5) is 5.82 Å². The Balaban J connectivity index is 3.07. The predicted octanol–water partition coefficient (Wildman–Crippen LogP) is 1.11.